The Bertz CT molecular complexity index is 426. The van der Waals surface area contributed by atoms with Gasteiger partial charge in [-0.05, 0) is 23.1 Å². The Balaban J connectivity index is 2.50. The van der Waals surface area contributed by atoms with E-state index in [1.165, 1.54) is 5.56 Å². The van der Waals surface area contributed by atoms with Gasteiger partial charge in [0, 0.05) is 25.2 Å². The van der Waals surface area contributed by atoms with Gasteiger partial charge in [-0.3, -0.25) is 4.79 Å². The molecule has 0 aliphatic carbocycles. The number of amides is 1. The van der Waals surface area contributed by atoms with Crippen molar-refractivity contribution in [2.45, 2.75) is 32.2 Å². The first-order valence-electron chi connectivity index (χ1n) is 5.66. The number of benzene rings is 1. The lowest BCUT2D eigenvalue weighted by Gasteiger charge is -2.30. The second-order valence-electron chi connectivity index (χ2n) is 4.74. The van der Waals surface area contributed by atoms with Crippen LogP contribution in [0.15, 0.2) is 18.2 Å². The molecule has 1 unspecified atom stereocenters. The molecule has 2 rings (SSSR count). The first-order valence-corrected chi connectivity index (χ1v) is 5.66. The number of anilines is 1. The Labute approximate surface area is 96.2 Å². The second kappa shape index (κ2) is 3.91. The SMILES string of the molecule is CC(C)c1ccc2c(c1)C(N)CC(=O)N2C. The van der Waals surface area contributed by atoms with Crippen LogP contribution in [0.5, 0.6) is 0 Å². The first kappa shape index (κ1) is 11.1. The van der Waals surface area contributed by atoms with Crippen molar-refractivity contribution in [2.24, 2.45) is 5.73 Å². The molecule has 1 aromatic rings. The maximum Gasteiger partial charge on any atom is 0.228 e. The summed E-state index contributed by atoms with van der Waals surface area (Å²) in [4.78, 5) is 13.3. The molecule has 1 aromatic carbocycles. The van der Waals surface area contributed by atoms with Gasteiger partial charge in [-0.15, -0.1) is 0 Å². The van der Waals surface area contributed by atoms with Gasteiger partial charge < -0.3 is 10.6 Å². The topological polar surface area (TPSA) is 46.3 Å². The lowest BCUT2D eigenvalue weighted by atomic mass is 9.92. The van der Waals surface area contributed by atoms with Gasteiger partial charge >= 0.3 is 0 Å². The molecule has 3 nitrogen and oxygen atoms in total. The highest BCUT2D eigenvalue weighted by molar-refractivity contribution is 5.96. The van der Waals surface area contributed by atoms with Crippen LogP contribution < -0.4 is 10.6 Å². The van der Waals surface area contributed by atoms with Crippen LogP contribution in [0.25, 0.3) is 0 Å². The zero-order valence-electron chi connectivity index (χ0n) is 10.0. The number of nitrogens with two attached hydrogens (primary N) is 1. The number of hydrogen-bond acceptors (Lipinski definition) is 2. The van der Waals surface area contributed by atoms with Crippen molar-refractivity contribution in [3.8, 4) is 0 Å². The summed E-state index contributed by atoms with van der Waals surface area (Å²) in [6.45, 7) is 4.32. The summed E-state index contributed by atoms with van der Waals surface area (Å²) in [5, 5.41) is 0. The molecule has 0 fully saturated rings. The van der Waals surface area contributed by atoms with E-state index < -0.39 is 0 Å². The van der Waals surface area contributed by atoms with Gasteiger partial charge in [0.1, 0.15) is 0 Å². The highest BCUT2D eigenvalue weighted by Crippen LogP contribution is 2.34. The van der Waals surface area contributed by atoms with Gasteiger partial charge in [-0.2, -0.15) is 0 Å². The number of carbonyl (C=O) groups is 1. The third-order valence-corrected chi connectivity index (χ3v) is 3.25. The fourth-order valence-electron chi connectivity index (χ4n) is 2.10. The zero-order valence-corrected chi connectivity index (χ0v) is 10.0. The van der Waals surface area contributed by atoms with Crippen LogP contribution in [0.2, 0.25) is 0 Å². The molecule has 0 bridgehead atoms. The molecule has 1 aliphatic heterocycles. The predicted molar refractivity (Wildman–Crippen MR) is 65.5 cm³/mol. The average molecular weight is 218 g/mol. The Morgan fingerprint density at radius 2 is 2.12 bits per heavy atom. The molecule has 1 aliphatic rings. The summed E-state index contributed by atoms with van der Waals surface area (Å²) in [5.74, 6) is 0.581. The Morgan fingerprint density at radius 1 is 1.44 bits per heavy atom. The van der Waals surface area contributed by atoms with E-state index in [0.717, 1.165) is 11.3 Å². The lowest BCUT2D eigenvalue weighted by Crippen LogP contribution is -2.35. The quantitative estimate of drug-likeness (QED) is 0.785. The molecule has 1 heterocycles. The van der Waals surface area contributed by atoms with E-state index >= 15 is 0 Å². The Morgan fingerprint density at radius 3 is 2.75 bits per heavy atom. The van der Waals surface area contributed by atoms with Crippen molar-refractivity contribution < 1.29 is 4.79 Å². The highest BCUT2D eigenvalue weighted by Gasteiger charge is 2.26. The fourth-order valence-corrected chi connectivity index (χ4v) is 2.10. The number of carbonyl (C=O) groups excluding carboxylic acids is 1. The Kier molecular flexibility index (Phi) is 2.72. The summed E-state index contributed by atoms with van der Waals surface area (Å²) in [6.07, 6.45) is 0.408. The molecule has 1 amide bonds. The molecular formula is C13H18N2O. The summed E-state index contributed by atoms with van der Waals surface area (Å²) in [6, 6.07) is 6.05. The van der Waals surface area contributed by atoms with E-state index in [9.17, 15) is 4.79 Å². The van der Waals surface area contributed by atoms with Crippen molar-refractivity contribution in [1.82, 2.24) is 0 Å². The molecule has 86 valence electrons. The van der Waals surface area contributed by atoms with Gasteiger partial charge in [-0.25, -0.2) is 0 Å². The smallest absolute Gasteiger partial charge is 0.228 e. The minimum atomic E-state index is -0.155. The van der Waals surface area contributed by atoms with Gasteiger partial charge in [0.05, 0.1) is 0 Å². The Hall–Kier alpha value is -1.35. The minimum absolute atomic E-state index is 0.0947. The maximum absolute atomic E-state index is 11.6. The average Bonchev–Trinajstić information content (AvgIpc) is 2.25. The second-order valence-corrected chi connectivity index (χ2v) is 4.74. The van der Waals surface area contributed by atoms with Gasteiger partial charge in [0.2, 0.25) is 5.91 Å². The fraction of sp³-hybridized carbons (Fsp3) is 0.462. The van der Waals surface area contributed by atoms with Crippen LogP contribution in [-0.2, 0) is 4.79 Å². The van der Waals surface area contributed by atoms with Crippen molar-refractivity contribution in [3.05, 3.63) is 29.3 Å². The van der Waals surface area contributed by atoms with E-state index in [1.807, 2.05) is 13.1 Å². The summed E-state index contributed by atoms with van der Waals surface area (Å²) < 4.78 is 0. The molecule has 0 radical (unpaired) electrons. The molecular weight excluding hydrogens is 200 g/mol. The van der Waals surface area contributed by atoms with Crippen LogP contribution in [0, 0.1) is 0 Å². The summed E-state index contributed by atoms with van der Waals surface area (Å²) in [5.41, 5.74) is 9.34. The predicted octanol–water partition coefficient (Wildman–Crippen LogP) is 2.18. The number of rotatable bonds is 1. The monoisotopic (exact) mass is 218 g/mol. The van der Waals surface area contributed by atoms with Crippen molar-refractivity contribution in [2.75, 3.05) is 11.9 Å². The standard InChI is InChI=1S/C13H18N2O/c1-8(2)9-4-5-12-10(6-9)11(14)7-13(16)15(12)3/h4-6,8,11H,7,14H2,1-3H3. The maximum atomic E-state index is 11.6. The highest BCUT2D eigenvalue weighted by atomic mass is 16.2. The third-order valence-electron chi connectivity index (χ3n) is 3.25. The summed E-state index contributed by atoms with van der Waals surface area (Å²) in [7, 11) is 1.81. The molecule has 0 spiro atoms. The van der Waals surface area contributed by atoms with E-state index in [1.54, 1.807) is 4.90 Å². The first-order chi connectivity index (χ1) is 7.50. The molecule has 0 saturated heterocycles. The lowest BCUT2D eigenvalue weighted by molar-refractivity contribution is -0.119. The molecule has 0 aromatic heterocycles. The normalized spacial score (nSPS) is 20.2. The van der Waals surface area contributed by atoms with Crippen LogP contribution in [0.4, 0.5) is 5.69 Å². The summed E-state index contributed by atoms with van der Waals surface area (Å²) >= 11 is 0. The number of fused-ring (bicyclic) bond motifs is 1. The molecule has 3 heteroatoms. The van der Waals surface area contributed by atoms with E-state index in [2.05, 4.69) is 26.0 Å². The molecule has 16 heavy (non-hydrogen) atoms. The van der Waals surface area contributed by atoms with Crippen LogP contribution in [-0.4, -0.2) is 13.0 Å². The van der Waals surface area contributed by atoms with E-state index in [-0.39, 0.29) is 11.9 Å². The van der Waals surface area contributed by atoms with Crippen molar-refractivity contribution in [1.29, 1.82) is 0 Å². The number of hydrogen-bond donors (Lipinski definition) is 1. The van der Waals surface area contributed by atoms with Gasteiger partial charge in [0.15, 0.2) is 0 Å². The largest absolute Gasteiger partial charge is 0.323 e. The van der Waals surface area contributed by atoms with E-state index in [0.29, 0.717) is 12.3 Å². The van der Waals surface area contributed by atoms with Crippen molar-refractivity contribution >= 4 is 11.6 Å². The van der Waals surface area contributed by atoms with E-state index in [4.69, 9.17) is 5.73 Å². The van der Waals surface area contributed by atoms with Gasteiger partial charge in [-0.1, -0.05) is 26.0 Å². The minimum Gasteiger partial charge on any atom is -0.323 e. The zero-order chi connectivity index (χ0) is 11.9. The van der Waals surface area contributed by atoms with Crippen LogP contribution in [0.3, 0.4) is 0 Å². The third kappa shape index (κ3) is 1.71. The van der Waals surface area contributed by atoms with Gasteiger partial charge in [0.25, 0.3) is 0 Å². The van der Waals surface area contributed by atoms with Crippen molar-refractivity contribution in [3.63, 3.8) is 0 Å². The molecule has 2 N–H and O–H groups in total. The van der Waals surface area contributed by atoms with Crippen LogP contribution in [0.1, 0.15) is 43.4 Å². The molecule has 1 atom stereocenters. The molecule has 0 saturated carbocycles. The number of nitrogens with zero attached hydrogens (tertiary/aromatic N) is 1. The van der Waals surface area contributed by atoms with Crippen LogP contribution >= 0.6 is 0 Å².